The summed E-state index contributed by atoms with van der Waals surface area (Å²) >= 11 is 5.90. The first-order valence-corrected chi connectivity index (χ1v) is 5.80. The Hall–Kier alpha value is -1.65. The molecule has 0 saturated carbocycles. The zero-order valence-electron chi connectivity index (χ0n) is 9.51. The number of aromatic nitrogens is 1. The highest BCUT2D eigenvalue weighted by Gasteiger charge is 2.13. The van der Waals surface area contributed by atoms with E-state index in [9.17, 15) is 4.39 Å². The molecule has 0 aliphatic rings. The molecule has 0 aliphatic carbocycles. The number of hydrogen-bond acceptors (Lipinski definition) is 3. The lowest BCUT2D eigenvalue weighted by Crippen LogP contribution is -2.18. The molecule has 2 aromatic rings. The minimum absolute atomic E-state index is 0.220. The van der Waals surface area contributed by atoms with E-state index in [0.717, 1.165) is 5.56 Å². The predicted molar refractivity (Wildman–Crippen MR) is 68.1 cm³/mol. The molecule has 0 bridgehead atoms. The summed E-state index contributed by atoms with van der Waals surface area (Å²) < 4.78 is 18.6. The maximum absolute atomic E-state index is 12.9. The van der Waals surface area contributed by atoms with Gasteiger partial charge >= 0.3 is 0 Å². The van der Waals surface area contributed by atoms with Gasteiger partial charge in [0.1, 0.15) is 17.7 Å². The van der Waals surface area contributed by atoms with Gasteiger partial charge in [0.05, 0.1) is 5.02 Å². The van der Waals surface area contributed by atoms with E-state index in [4.69, 9.17) is 22.1 Å². The van der Waals surface area contributed by atoms with E-state index in [1.807, 2.05) is 6.07 Å². The molecule has 1 atom stereocenters. The molecule has 1 unspecified atom stereocenters. The molecule has 94 valence electrons. The fourth-order valence-corrected chi connectivity index (χ4v) is 1.75. The minimum Gasteiger partial charge on any atom is -0.483 e. The number of ether oxygens (including phenoxy) is 1. The van der Waals surface area contributed by atoms with E-state index < -0.39 is 5.82 Å². The third-order valence-electron chi connectivity index (χ3n) is 2.43. The van der Waals surface area contributed by atoms with Crippen molar-refractivity contribution in [1.29, 1.82) is 0 Å². The Kier molecular flexibility index (Phi) is 4.12. The summed E-state index contributed by atoms with van der Waals surface area (Å²) in [6.45, 7) is 0.277. The fraction of sp³-hybridized carbons (Fsp3) is 0.154. The molecule has 5 heteroatoms. The van der Waals surface area contributed by atoms with Crippen molar-refractivity contribution in [3.63, 3.8) is 0 Å². The average Bonchev–Trinajstić information content (AvgIpc) is 2.39. The van der Waals surface area contributed by atoms with E-state index >= 15 is 0 Å². The molecular weight excluding hydrogens is 255 g/mol. The standard InChI is InChI=1S/C13H12ClFN2O/c14-11-6-10(15)3-4-12(11)18-13(7-16)9-2-1-5-17-8-9/h1-6,8,13H,7,16H2. The van der Waals surface area contributed by atoms with Crippen molar-refractivity contribution in [1.82, 2.24) is 4.98 Å². The summed E-state index contributed by atoms with van der Waals surface area (Å²) in [6, 6.07) is 7.64. The van der Waals surface area contributed by atoms with Crippen molar-refractivity contribution >= 4 is 11.6 Å². The van der Waals surface area contributed by atoms with Crippen LogP contribution in [0.1, 0.15) is 11.7 Å². The summed E-state index contributed by atoms with van der Waals surface area (Å²) in [5.41, 5.74) is 6.51. The normalized spacial score (nSPS) is 12.2. The Labute approximate surface area is 109 Å². The molecule has 0 fully saturated rings. The first-order chi connectivity index (χ1) is 8.70. The molecule has 1 aromatic carbocycles. The second kappa shape index (κ2) is 5.80. The largest absolute Gasteiger partial charge is 0.483 e. The quantitative estimate of drug-likeness (QED) is 0.926. The molecule has 1 aromatic heterocycles. The summed E-state index contributed by atoms with van der Waals surface area (Å²) in [6.07, 6.45) is 2.98. The van der Waals surface area contributed by atoms with Gasteiger partial charge in [-0.3, -0.25) is 4.98 Å². The molecule has 0 saturated heterocycles. The zero-order chi connectivity index (χ0) is 13.0. The monoisotopic (exact) mass is 266 g/mol. The summed E-state index contributed by atoms with van der Waals surface area (Å²) in [7, 11) is 0. The van der Waals surface area contributed by atoms with Crippen molar-refractivity contribution in [2.24, 2.45) is 5.73 Å². The Morgan fingerprint density at radius 3 is 2.83 bits per heavy atom. The highest BCUT2D eigenvalue weighted by molar-refractivity contribution is 6.32. The molecule has 2 rings (SSSR count). The third kappa shape index (κ3) is 2.97. The summed E-state index contributed by atoms with van der Waals surface area (Å²) in [5, 5.41) is 0.220. The molecular formula is C13H12ClFN2O. The molecule has 0 radical (unpaired) electrons. The van der Waals surface area contributed by atoms with E-state index in [-0.39, 0.29) is 17.7 Å². The molecule has 3 nitrogen and oxygen atoms in total. The lowest BCUT2D eigenvalue weighted by molar-refractivity contribution is 0.213. The van der Waals surface area contributed by atoms with Gasteiger partial charge in [-0.25, -0.2) is 4.39 Å². The number of nitrogens with two attached hydrogens (primary N) is 1. The first-order valence-electron chi connectivity index (χ1n) is 5.42. The van der Waals surface area contributed by atoms with Crippen LogP contribution in [0.3, 0.4) is 0 Å². The number of rotatable bonds is 4. The molecule has 18 heavy (non-hydrogen) atoms. The van der Waals surface area contributed by atoms with Gasteiger partial charge in [-0.05, 0) is 24.3 Å². The van der Waals surface area contributed by atoms with Gasteiger partial charge < -0.3 is 10.5 Å². The topological polar surface area (TPSA) is 48.1 Å². The highest BCUT2D eigenvalue weighted by atomic mass is 35.5. The van der Waals surface area contributed by atoms with Crippen LogP contribution >= 0.6 is 11.6 Å². The van der Waals surface area contributed by atoms with Gasteiger partial charge in [-0.1, -0.05) is 17.7 Å². The van der Waals surface area contributed by atoms with Gasteiger partial charge in [0.25, 0.3) is 0 Å². The van der Waals surface area contributed by atoms with E-state index in [2.05, 4.69) is 4.98 Å². The number of hydrogen-bond donors (Lipinski definition) is 1. The minimum atomic E-state index is -0.405. The average molecular weight is 267 g/mol. The van der Waals surface area contributed by atoms with Crippen LogP contribution in [0.5, 0.6) is 5.75 Å². The van der Waals surface area contributed by atoms with E-state index in [1.54, 1.807) is 18.5 Å². The first kappa shape index (κ1) is 12.8. The lowest BCUT2D eigenvalue weighted by atomic mass is 10.1. The van der Waals surface area contributed by atoms with Gasteiger partial charge in [-0.15, -0.1) is 0 Å². The van der Waals surface area contributed by atoms with Crippen LogP contribution in [0, 0.1) is 5.82 Å². The van der Waals surface area contributed by atoms with Gasteiger partial charge in [0, 0.05) is 24.5 Å². The maximum Gasteiger partial charge on any atom is 0.139 e. The van der Waals surface area contributed by atoms with Crippen molar-refractivity contribution in [3.8, 4) is 5.75 Å². The van der Waals surface area contributed by atoms with Crippen molar-refractivity contribution < 1.29 is 9.13 Å². The molecule has 0 spiro atoms. The summed E-state index contributed by atoms with van der Waals surface area (Å²) in [4.78, 5) is 4.00. The van der Waals surface area contributed by atoms with Crippen molar-refractivity contribution in [3.05, 3.63) is 59.1 Å². The number of pyridine rings is 1. The van der Waals surface area contributed by atoms with Crippen molar-refractivity contribution in [2.75, 3.05) is 6.54 Å². The second-order valence-corrected chi connectivity index (χ2v) is 4.11. The van der Waals surface area contributed by atoms with Crippen LogP contribution in [0.2, 0.25) is 5.02 Å². The number of nitrogens with zero attached hydrogens (tertiary/aromatic N) is 1. The molecule has 0 aliphatic heterocycles. The van der Waals surface area contributed by atoms with E-state index in [1.165, 1.54) is 18.2 Å². The molecule has 0 amide bonds. The fourth-order valence-electron chi connectivity index (χ4n) is 1.54. The predicted octanol–water partition coefficient (Wildman–Crippen LogP) is 2.95. The number of halogens is 2. The Morgan fingerprint density at radius 1 is 1.39 bits per heavy atom. The third-order valence-corrected chi connectivity index (χ3v) is 2.73. The van der Waals surface area contributed by atoms with Crippen LogP contribution in [0.15, 0.2) is 42.7 Å². The van der Waals surface area contributed by atoms with Gasteiger partial charge in [-0.2, -0.15) is 0 Å². The molecule has 2 N–H and O–H groups in total. The van der Waals surface area contributed by atoms with Gasteiger partial charge in [0.15, 0.2) is 0 Å². The second-order valence-electron chi connectivity index (χ2n) is 3.70. The van der Waals surface area contributed by atoms with Crippen LogP contribution in [-0.2, 0) is 0 Å². The van der Waals surface area contributed by atoms with Crippen LogP contribution in [-0.4, -0.2) is 11.5 Å². The Morgan fingerprint density at radius 2 is 2.22 bits per heavy atom. The maximum atomic E-state index is 12.9. The van der Waals surface area contributed by atoms with Crippen LogP contribution in [0.25, 0.3) is 0 Å². The van der Waals surface area contributed by atoms with Gasteiger partial charge in [0.2, 0.25) is 0 Å². The Balaban J connectivity index is 2.21. The number of benzene rings is 1. The molecule has 1 heterocycles. The highest BCUT2D eigenvalue weighted by Crippen LogP contribution is 2.29. The SMILES string of the molecule is NCC(Oc1ccc(F)cc1Cl)c1cccnc1. The van der Waals surface area contributed by atoms with Crippen LogP contribution < -0.4 is 10.5 Å². The zero-order valence-corrected chi connectivity index (χ0v) is 10.3. The summed E-state index contributed by atoms with van der Waals surface area (Å²) in [5.74, 6) is -0.00426. The Bertz CT molecular complexity index is 522. The smallest absolute Gasteiger partial charge is 0.139 e. The lowest BCUT2D eigenvalue weighted by Gasteiger charge is -2.18. The van der Waals surface area contributed by atoms with Crippen molar-refractivity contribution in [2.45, 2.75) is 6.10 Å². The van der Waals surface area contributed by atoms with Crippen LogP contribution in [0.4, 0.5) is 4.39 Å². The van der Waals surface area contributed by atoms with E-state index in [0.29, 0.717) is 5.75 Å².